The summed E-state index contributed by atoms with van der Waals surface area (Å²) in [7, 11) is 0. The summed E-state index contributed by atoms with van der Waals surface area (Å²) in [5.41, 5.74) is 6.45. The molecule has 0 aliphatic carbocycles. The first-order valence-corrected chi connectivity index (χ1v) is 7.46. The van der Waals surface area contributed by atoms with Gasteiger partial charge in [-0.15, -0.1) is 23.7 Å². The summed E-state index contributed by atoms with van der Waals surface area (Å²) in [6.07, 6.45) is 1.55. The predicted molar refractivity (Wildman–Crippen MR) is 83.2 cm³/mol. The molecule has 0 fully saturated rings. The molecule has 3 nitrogen and oxygen atoms in total. The molecular formula is C12H20BrClN2OS. The molecule has 0 spiro atoms. The summed E-state index contributed by atoms with van der Waals surface area (Å²) in [4.78, 5) is 12.1. The highest BCUT2D eigenvalue weighted by Crippen LogP contribution is 2.25. The first kappa shape index (κ1) is 17.9. The summed E-state index contributed by atoms with van der Waals surface area (Å²) in [6.45, 7) is 5.00. The molecule has 104 valence electrons. The van der Waals surface area contributed by atoms with Gasteiger partial charge in [0.05, 0.1) is 9.20 Å². The summed E-state index contributed by atoms with van der Waals surface area (Å²) < 4.78 is 1.08. The first-order chi connectivity index (χ1) is 8.07. The Morgan fingerprint density at radius 1 is 1.50 bits per heavy atom. The van der Waals surface area contributed by atoms with E-state index in [0.717, 1.165) is 22.2 Å². The maximum atomic E-state index is 12.1. The average Bonchev–Trinajstić information content (AvgIpc) is 2.75. The molecule has 0 saturated heterocycles. The van der Waals surface area contributed by atoms with Crippen molar-refractivity contribution in [2.75, 3.05) is 6.54 Å². The third-order valence-corrected chi connectivity index (χ3v) is 4.85. The van der Waals surface area contributed by atoms with Crippen molar-refractivity contribution in [3.63, 3.8) is 0 Å². The van der Waals surface area contributed by atoms with Gasteiger partial charge in [0.25, 0.3) is 0 Å². The highest BCUT2D eigenvalue weighted by molar-refractivity contribution is 9.11. The number of nitrogens with one attached hydrogen (secondary N) is 1. The van der Waals surface area contributed by atoms with Gasteiger partial charge in [-0.1, -0.05) is 13.8 Å². The SMILES string of the molecule is CCC(CC)(CN)C(=O)NCc1csc(Br)c1.Cl. The van der Waals surface area contributed by atoms with Crippen LogP contribution in [0.3, 0.4) is 0 Å². The Morgan fingerprint density at radius 3 is 2.50 bits per heavy atom. The van der Waals surface area contributed by atoms with E-state index >= 15 is 0 Å². The van der Waals surface area contributed by atoms with E-state index in [1.807, 2.05) is 25.3 Å². The molecule has 6 heteroatoms. The molecule has 1 amide bonds. The second-order valence-electron chi connectivity index (χ2n) is 4.13. The van der Waals surface area contributed by atoms with Crippen molar-refractivity contribution >= 4 is 45.6 Å². The molecule has 0 radical (unpaired) electrons. The molecule has 3 N–H and O–H groups in total. The summed E-state index contributed by atoms with van der Waals surface area (Å²) >= 11 is 5.03. The van der Waals surface area contributed by atoms with E-state index in [-0.39, 0.29) is 18.3 Å². The van der Waals surface area contributed by atoms with Crippen LogP contribution in [0.25, 0.3) is 0 Å². The van der Waals surface area contributed by atoms with E-state index in [4.69, 9.17) is 5.73 Å². The molecule has 1 heterocycles. The molecule has 0 aliphatic rings. The van der Waals surface area contributed by atoms with Gasteiger partial charge in [-0.3, -0.25) is 4.79 Å². The van der Waals surface area contributed by atoms with Crippen LogP contribution in [0.5, 0.6) is 0 Å². The Hall–Kier alpha value is -0.100. The van der Waals surface area contributed by atoms with Crippen LogP contribution in [0.4, 0.5) is 0 Å². The number of amides is 1. The Bertz CT molecular complexity index is 372. The lowest BCUT2D eigenvalue weighted by atomic mass is 9.81. The number of rotatable bonds is 6. The largest absolute Gasteiger partial charge is 0.351 e. The van der Waals surface area contributed by atoms with Crippen molar-refractivity contribution in [3.8, 4) is 0 Å². The van der Waals surface area contributed by atoms with E-state index < -0.39 is 5.41 Å². The van der Waals surface area contributed by atoms with E-state index in [9.17, 15) is 4.79 Å². The standard InChI is InChI=1S/C12H19BrN2OS.ClH/c1-3-12(4-2,8-14)11(16)15-6-9-5-10(13)17-7-9;/h5,7H,3-4,6,8,14H2,1-2H3,(H,15,16);1H. The molecule has 1 rings (SSSR count). The van der Waals surface area contributed by atoms with Crippen molar-refractivity contribution in [1.29, 1.82) is 0 Å². The predicted octanol–water partition coefficient (Wildman–Crippen LogP) is 3.31. The number of thiophene rings is 1. The zero-order valence-electron chi connectivity index (χ0n) is 10.7. The third kappa shape index (κ3) is 4.23. The highest BCUT2D eigenvalue weighted by Gasteiger charge is 2.32. The van der Waals surface area contributed by atoms with E-state index in [1.165, 1.54) is 0 Å². The minimum absolute atomic E-state index is 0. The van der Waals surface area contributed by atoms with Gasteiger partial charge in [0.15, 0.2) is 0 Å². The van der Waals surface area contributed by atoms with Gasteiger partial charge in [-0.2, -0.15) is 0 Å². The zero-order valence-corrected chi connectivity index (χ0v) is 13.9. The molecular weight excluding hydrogens is 336 g/mol. The lowest BCUT2D eigenvalue weighted by Gasteiger charge is -2.28. The fourth-order valence-corrected chi connectivity index (χ4v) is 2.97. The number of carbonyl (C=O) groups is 1. The summed E-state index contributed by atoms with van der Waals surface area (Å²) in [5, 5.41) is 5.01. The number of halogens is 2. The normalized spacial score (nSPS) is 10.9. The van der Waals surface area contributed by atoms with Gasteiger partial charge < -0.3 is 11.1 Å². The van der Waals surface area contributed by atoms with Crippen molar-refractivity contribution < 1.29 is 4.79 Å². The molecule has 1 aromatic rings. The molecule has 0 saturated carbocycles. The number of hydrogen-bond acceptors (Lipinski definition) is 3. The van der Waals surface area contributed by atoms with Gasteiger partial charge in [-0.25, -0.2) is 0 Å². The van der Waals surface area contributed by atoms with Crippen LogP contribution >= 0.6 is 39.7 Å². The number of hydrogen-bond donors (Lipinski definition) is 2. The third-order valence-electron chi connectivity index (χ3n) is 3.30. The molecule has 1 aromatic heterocycles. The van der Waals surface area contributed by atoms with Crippen molar-refractivity contribution in [2.24, 2.45) is 11.1 Å². The van der Waals surface area contributed by atoms with Crippen LogP contribution in [-0.4, -0.2) is 12.5 Å². The molecule has 0 bridgehead atoms. The van der Waals surface area contributed by atoms with E-state index in [0.29, 0.717) is 13.1 Å². The van der Waals surface area contributed by atoms with Gasteiger partial charge >= 0.3 is 0 Å². The summed E-state index contributed by atoms with van der Waals surface area (Å²) in [6, 6.07) is 2.02. The Balaban J connectivity index is 0.00000289. The van der Waals surface area contributed by atoms with Gasteiger partial charge in [0, 0.05) is 13.1 Å². The Morgan fingerprint density at radius 2 is 2.11 bits per heavy atom. The second kappa shape index (κ2) is 8.15. The van der Waals surface area contributed by atoms with Crippen LogP contribution in [0.2, 0.25) is 0 Å². The number of nitrogens with two attached hydrogens (primary N) is 1. The number of carbonyl (C=O) groups excluding carboxylic acids is 1. The molecule has 0 aliphatic heterocycles. The van der Waals surface area contributed by atoms with Crippen LogP contribution in [0, 0.1) is 5.41 Å². The van der Waals surface area contributed by atoms with Gasteiger partial charge in [-0.05, 0) is 45.8 Å². The molecule has 18 heavy (non-hydrogen) atoms. The van der Waals surface area contributed by atoms with E-state index in [1.54, 1.807) is 11.3 Å². The minimum atomic E-state index is -0.409. The fourth-order valence-electron chi connectivity index (χ4n) is 1.76. The Labute approximate surface area is 127 Å². The lowest BCUT2D eigenvalue weighted by molar-refractivity contribution is -0.131. The molecule has 0 unspecified atom stereocenters. The smallest absolute Gasteiger partial charge is 0.227 e. The first-order valence-electron chi connectivity index (χ1n) is 5.79. The van der Waals surface area contributed by atoms with Crippen LogP contribution < -0.4 is 11.1 Å². The van der Waals surface area contributed by atoms with Crippen LogP contribution in [-0.2, 0) is 11.3 Å². The monoisotopic (exact) mass is 354 g/mol. The van der Waals surface area contributed by atoms with Gasteiger partial charge in [0.2, 0.25) is 5.91 Å². The highest BCUT2D eigenvalue weighted by atomic mass is 79.9. The summed E-state index contributed by atoms with van der Waals surface area (Å²) in [5.74, 6) is 0.0623. The quantitative estimate of drug-likeness (QED) is 0.822. The second-order valence-corrected chi connectivity index (χ2v) is 6.42. The van der Waals surface area contributed by atoms with Crippen LogP contribution in [0.1, 0.15) is 32.3 Å². The maximum Gasteiger partial charge on any atom is 0.227 e. The Kier molecular flexibility index (Phi) is 8.10. The molecule has 0 atom stereocenters. The van der Waals surface area contributed by atoms with Crippen molar-refractivity contribution in [3.05, 3.63) is 20.8 Å². The van der Waals surface area contributed by atoms with Crippen molar-refractivity contribution in [1.82, 2.24) is 5.32 Å². The lowest BCUT2D eigenvalue weighted by Crippen LogP contribution is -2.44. The van der Waals surface area contributed by atoms with Gasteiger partial charge in [0.1, 0.15) is 0 Å². The fraction of sp³-hybridized carbons (Fsp3) is 0.583. The van der Waals surface area contributed by atoms with E-state index in [2.05, 4.69) is 21.2 Å². The topological polar surface area (TPSA) is 55.1 Å². The maximum absolute atomic E-state index is 12.1. The van der Waals surface area contributed by atoms with Crippen molar-refractivity contribution in [2.45, 2.75) is 33.2 Å². The average molecular weight is 356 g/mol. The zero-order chi connectivity index (χ0) is 12.9. The molecule has 0 aromatic carbocycles. The minimum Gasteiger partial charge on any atom is -0.351 e. The van der Waals surface area contributed by atoms with Crippen LogP contribution in [0.15, 0.2) is 15.2 Å².